The quantitative estimate of drug-likeness (QED) is 0.874. The Kier molecular flexibility index (Phi) is 5.33. The average Bonchev–Trinajstić information content (AvgIpc) is 2.98. The molecule has 25 heavy (non-hydrogen) atoms. The zero-order valence-electron chi connectivity index (χ0n) is 14.5. The van der Waals surface area contributed by atoms with Gasteiger partial charge in [-0.05, 0) is 38.2 Å². The van der Waals surface area contributed by atoms with Crippen LogP contribution >= 0.6 is 0 Å². The summed E-state index contributed by atoms with van der Waals surface area (Å²) in [5, 5.41) is 6.72. The van der Waals surface area contributed by atoms with E-state index < -0.39 is 6.17 Å². The molecule has 7 heteroatoms. The molecule has 134 valence electrons. The van der Waals surface area contributed by atoms with Crippen molar-refractivity contribution in [1.82, 2.24) is 15.2 Å². The van der Waals surface area contributed by atoms with E-state index in [1.54, 1.807) is 24.2 Å². The Morgan fingerprint density at radius 3 is 3.04 bits per heavy atom. The van der Waals surface area contributed by atoms with E-state index in [1.807, 2.05) is 25.1 Å². The van der Waals surface area contributed by atoms with Crippen LogP contribution in [-0.2, 0) is 0 Å². The third-order valence-electron chi connectivity index (χ3n) is 4.34. The van der Waals surface area contributed by atoms with Crippen LogP contribution in [0.5, 0.6) is 5.75 Å². The topological polar surface area (TPSA) is 66.5 Å². The van der Waals surface area contributed by atoms with E-state index in [-0.39, 0.29) is 18.6 Å². The number of nitrogens with one attached hydrogen (secondary N) is 2. The van der Waals surface area contributed by atoms with Crippen molar-refractivity contribution in [3.8, 4) is 5.75 Å². The number of carbonyl (C=O) groups is 1. The fourth-order valence-electron chi connectivity index (χ4n) is 3.25. The van der Waals surface area contributed by atoms with Crippen LogP contribution < -0.4 is 15.4 Å². The minimum atomic E-state index is -0.987. The van der Waals surface area contributed by atoms with Gasteiger partial charge in [0.25, 0.3) is 0 Å². The lowest BCUT2D eigenvalue weighted by atomic mass is 10.1. The molecule has 0 saturated carbocycles. The molecule has 1 aromatic heterocycles. The monoisotopic (exact) mass is 346 g/mol. The average molecular weight is 346 g/mol. The van der Waals surface area contributed by atoms with Crippen molar-refractivity contribution in [2.45, 2.75) is 25.6 Å². The SMILES string of the molecule is CCOc1ccc(NC(=O)N2C[C@@H](F)C[C@H]2CNC)c2ncccc12. The second-order valence-electron chi connectivity index (χ2n) is 6.07. The molecule has 6 nitrogen and oxygen atoms in total. The predicted molar refractivity (Wildman–Crippen MR) is 95.9 cm³/mol. The number of alkyl halides is 1. The van der Waals surface area contributed by atoms with Gasteiger partial charge in [-0.25, -0.2) is 9.18 Å². The number of likely N-dealkylation sites (N-methyl/N-ethyl adjacent to an activating group) is 1. The molecule has 0 spiro atoms. The van der Waals surface area contributed by atoms with E-state index >= 15 is 0 Å². The highest BCUT2D eigenvalue weighted by Crippen LogP contribution is 2.31. The molecule has 2 aromatic rings. The number of carbonyl (C=O) groups excluding carboxylic acids is 1. The molecule has 0 radical (unpaired) electrons. The molecule has 1 saturated heterocycles. The first-order valence-electron chi connectivity index (χ1n) is 8.50. The number of benzene rings is 1. The van der Waals surface area contributed by atoms with Crippen molar-refractivity contribution in [2.24, 2.45) is 0 Å². The predicted octanol–water partition coefficient (Wildman–Crippen LogP) is 2.80. The van der Waals surface area contributed by atoms with Crippen LogP contribution in [0, 0.1) is 0 Å². The van der Waals surface area contributed by atoms with Crippen LogP contribution in [0.2, 0.25) is 0 Å². The fraction of sp³-hybridized carbons (Fsp3) is 0.444. The molecule has 2 atom stereocenters. The van der Waals surface area contributed by atoms with E-state index in [0.29, 0.717) is 30.8 Å². The summed E-state index contributed by atoms with van der Waals surface area (Å²) in [5.41, 5.74) is 1.25. The van der Waals surface area contributed by atoms with Crippen molar-refractivity contribution in [2.75, 3.05) is 32.1 Å². The molecule has 1 aliphatic heterocycles. The number of urea groups is 1. The molecule has 2 amide bonds. The number of hydrogen-bond donors (Lipinski definition) is 2. The smallest absolute Gasteiger partial charge is 0.322 e. The maximum atomic E-state index is 13.8. The highest BCUT2D eigenvalue weighted by molar-refractivity contribution is 6.01. The lowest BCUT2D eigenvalue weighted by Crippen LogP contribution is -2.43. The molecule has 1 aliphatic rings. The first kappa shape index (κ1) is 17.4. The molecule has 1 fully saturated rings. The summed E-state index contributed by atoms with van der Waals surface area (Å²) in [6, 6.07) is 6.86. The Hall–Kier alpha value is -2.41. The number of likely N-dealkylation sites (tertiary alicyclic amines) is 1. The zero-order chi connectivity index (χ0) is 17.8. The van der Waals surface area contributed by atoms with Gasteiger partial charge in [-0.1, -0.05) is 0 Å². The second kappa shape index (κ2) is 7.65. The molecular formula is C18H23FN4O2. The number of ether oxygens (including phenoxy) is 1. The maximum absolute atomic E-state index is 13.8. The first-order valence-corrected chi connectivity index (χ1v) is 8.50. The van der Waals surface area contributed by atoms with Crippen LogP contribution in [0.3, 0.4) is 0 Å². The van der Waals surface area contributed by atoms with Gasteiger partial charge in [-0.2, -0.15) is 0 Å². The number of amides is 2. The summed E-state index contributed by atoms with van der Waals surface area (Å²) in [6.45, 7) is 3.14. The van der Waals surface area contributed by atoms with Gasteiger partial charge < -0.3 is 20.3 Å². The van der Waals surface area contributed by atoms with Gasteiger partial charge in [-0.3, -0.25) is 4.98 Å². The van der Waals surface area contributed by atoms with E-state index in [1.165, 1.54) is 0 Å². The molecule has 1 aromatic carbocycles. The van der Waals surface area contributed by atoms with Gasteiger partial charge in [0.05, 0.1) is 24.4 Å². The number of pyridine rings is 1. The van der Waals surface area contributed by atoms with Gasteiger partial charge in [-0.15, -0.1) is 0 Å². The van der Waals surface area contributed by atoms with Crippen LogP contribution in [0.4, 0.5) is 14.9 Å². The Labute approximate surface area is 146 Å². The van der Waals surface area contributed by atoms with E-state index in [9.17, 15) is 9.18 Å². The second-order valence-corrected chi connectivity index (χ2v) is 6.07. The third-order valence-corrected chi connectivity index (χ3v) is 4.34. The van der Waals surface area contributed by atoms with Gasteiger partial charge in [0.15, 0.2) is 0 Å². The zero-order valence-corrected chi connectivity index (χ0v) is 14.5. The molecule has 0 aliphatic carbocycles. The number of hydrogen-bond acceptors (Lipinski definition) is 4. The maximum Gasteiger partial charge on any atom is 0.322 e. The van der Waals surface area contributed by atoms with Gasteiger partial charge in [0.2, 0.25) is 0 Å². The summed E-state index contributed by atoms with van der Waals surface area (Å²) in [6.07, 6.45) is 1.04. The molecule has 0 unspecified atom stereocenters. The summed E-state index contributed by atoms with van der Waals surface area (Å²) in [4.78, 5) is 18.6. The number of fused-ring (bicyclic) bond motifs is 1. The van der Waals surface area contributed by atoms with Crippen LogP contribution in [0.1, 0.15) is 13.3 Å². The molecular weight excluding hydrogens is 323 g/mol. The Bertz CT molecular complexity index is 755. The molecule has 2 heterocycles. The van der Waals surface area contributed by atoms with Crippen LogP contribution in [-0.4, -0.2) is 54.9 Å². The van der Waals surface area contributed by atoms with Gasteiger partial charge >= 0.3 is 6.03 Å². The van der Waals surface area contributed by atoms with E-state index in [2.05, 4.69) is 15.6 Å². The standard InChI is InChI=1S/C18H23FN4O2/c1-3-25-16-7-6-15(17-14(16)5-4-8-21-17)22-18(24)23-11-12(19)9-13(23)10-20-2/h4-8,12-13,20H,3,9-11H2,1-2H3,(H,22,24)/t12-,13-/m0/s1. The van der Waals surface area contributed by atoms with Crippen LogP contribution in [0.25, 0.3) is 10.9 Å². The summed E-state index contributed by atoms with van der Waals surface area (Å²) in [7, 11) is 1.80. The van der Waals surface area contributed by atoms with Crippen molar-refractivity contribution < 1.29 is 13.9 Å². The van der Waals surface area contributed by atoms with Crippen molar-refractivity contribution in [3.05, 3.63) is 30.5 Å². The number of anilines is 1. The lowest BCUT2D eigenvalue weighted by Gasteiger charge is -2.24. The summed E-state index contributed by atoms with van der Waals surface area (Å²) in [5.74, 6) is 0.724. The van der Waals surface area contributed by atoms with E-state index in [4.69, 9.17) is 4.74 Å². The Morgan fingerprint density at radius 1 is 1.44 bits per heavy atom. The number of halogens is 1. The highest BCUT2D eigenvalue weighted by Gasteiger charge is 2.35. The minimum absolute atomic E-state index is 0.112. The summed E-state index contributed by atoms with van der Waals surface area (Å²) >= 11 is 0. The van der Waals surface area contributed by atoms with Crippen LogP contribution in [0.15, 0.2) is 30.5 Å². The van der Waals surface area contributed by atoms with Crippen molar-refractivity contribution in [3.63, 3.8) is 0 Å². The lowest BCUT2D eigenvalue weighted by molar-refractivity contribution is 0.203. The number of nitrogens with zero attached hydrogens (tertiary/aromatic N) is 2. The van der Waals surface area contributed by atoms with Gasteiger partial charge in [0.1, 0.15) is 11.9 Å². The summed E-state index contributed by atoms with van der Waals surface area (Å²) < 4.78 is 19.4. The minimum Gasteiger partial charge on any atom is -0.493 e. The number of rotatable bonds is 5. The molecule has 2 N–H and O–H groups in total. The van der Waals surface area contributed by atoms with Gasteiger partial charge in [0, 0.05) is 30.6 Å². The molecule has 3 rings (SSSR count). The third kappa shape index (κ3) is 3.66. The largest absolute Gasteiger partial charge is 0.493 e. The van der Waals surface area contributed by atoms with Crippen molar-refractivity contribution in [1.29, 1.82) is 0 Å². The van der Waals surface area contributed by atoms with E-state index in [0.717, 1.165) is 11.1 Å². The first-order chi connectivity index (χ1) is 12.1. The van der Waals surface area contributed by atoms with Crippen molar-refractivity contribution >= 4 is 22.6 Å². The highest BCUT2D eigenvalue weighted by atomic mass is 19.1. The number of aromatic nitrogens is 1. The normalized spacial score (nSPS) is 20.0. The Balaban J connectivity index is 1.85. The molecule has 0 bridgehead atoms. The fourth-order valence-corrected chi connectivity index (χ4v) is 3.25. The Morgan fingerprint density at radius 2 is 2.28 bits per heavy atom.